The van der Waals surface area contributed by atoms with Crippen LogP contribution in [0.3, 0.4) is 0 Å². The molecule has 0 saturated heterocycles. The van der Waals surface area contributed by atoms with E-state index in [2.05, 4.69) is 10.5 Å². The van der Waals surface area contributed by atoms with E-state index in [0.717, 1.165) is 12.8 Å². The topological polar surface area (TPSA) is 75.4 Å². The van der Waals surface area contributed by atoms with Crippen LogP contribution in [0.25, 0.3) is 0 Å². The van der Waals surface area contributed by atoms with Crippen molar-refractivity contribution in [1.29, 1.82) is 0 Å². The van der Waals surface area contributed by atoms with Crippen LogP contribution in [0.2, 0.25) is 5.02 Å². The minimum atomic E-state index is -0.300. The SMILES string of the molecule is Cc1cc(NC(=O)CN(CC2CC2)C(=O)c2ccc(Cl)cc2)no1. The van der Waals surface area contributed by atoms with Crippen LogP contribution in [0.15, 0.2) is 34.9 Å². The fourth-order valence-electron chi connectivity index (χ4n) is 2.39. The van der Waals surface area contributed by atoms with Gasteiger partial charge in [-0.05, 0) is 49.9 Å². The lowest BCUT2D eigenvalue weighted by atomic mass is 10.2. The Kier molecular flexibility index (Phi) is 4.85. The average Bonchev–Trinajstić information content (AvgIpc) is 3.27. The Hall–Kier alpha value is -2.34. The molecule has 1 aromatic heterocycles. The van der Waals surface area contributed by atoms with Crippen molar-refractivity contribution in [1.82, 2.24) is 10.1 Å². The summed E-state index contributed by atoms with van der Waals surface area (Å²) in [5.41, 5.74) is 0.519. The summed E-state index contributed by atoms with van der Waals surface area (Å²) in [6.45, 7) is 2.29. The first-order valence-corrected chi connectivity index (χ1v) is 8.17. The van der Waals surface area contributed by atoms with Crippen molar-refractivity contribution in [3.63, 3.8) is 0 Å². The van der Waals surface area contributed by atoms with Gasteiger partial charge in [0.1, 0.15) is 12.3 Å². The number of nitrogens with zero attached hydrogens (tertiary/aromatic N) is 2. The van der Waals surface area contributed by atoms with Gasteiger partial charge in [0.05, 0.1) is 0 Å². The van der Waals surface area contributed by atoms with Gasteiger partial charge in [0.25, 0.3) is 5.91 Å². The summed E-state index contributed by atoms with van der Waals surface area (Å²) in [6.07, 6.45) is 2.18. The van der Waals surface area contributed by atoms with E-state index < -0.39 is 0 Å². The second-order valence-electron chi connectivity index (χ2n) is 6.01. The monoisotopic (exact) mass is 347 g/mol. The van der Waals surface area contributed by atoms with Crippen LogP contribution in [0.1, 0.15) is 29.0 Å². The lowest BCUT2D eigenvalue weighted by Crippen LogP contribution is -2.39. The van der Waals surface area contributed by atoms with Crippen molar-refractivity contribution in [2.45, 2.75) is 19.8 Å². The molecule has 7 heteroatoms. The molecule has 1 saturated carbocycles. The molecule has 3 rings (SSSR count). The lowest BCUT2D eigenvalue weighted by molar-refractivity contribution is -0.117. The molecular weight excluding hydrogens is 330 g/mol. The zero-order valence-electron chi connectivity index (χ0n) is 13.3. The van der Waals surface area contributed by atoms with Crippen molar-refractivity contribution in [3.05, 3.63) is 46.7 Å². The first kappa shape index (κ1) is 16.5. The maximum atomic E-state index is 12.7. The number of hydrogen-bond acceptors (Lipinski definition) is 4. The Morgan fingerprint density at radius 3 is 2.62 bits per heavy atom. The number of carbonyl (C=O) groups is 2. The largest absolute Gasteiger partial charge is 0.360 e. The van der Waals surface area contributed by atoms with Crippen LogP contribution in [-0.2, 0) is 4.79 Å². The van der Waals surface area contributed by atoms with E-state index in [1.807, 2.05) is 0 Å². The smallest absolute Gasteiger partial charge is 0.254 e. The van der Waals surface area contributed by atoms with E-state index in [1.54, 1.807) is 42.2 Å². The van der Waals surface area contributed by atoms with Gasteiger partial charge in [-0.25, -0.2) is 0 Å². The van der Waals surface area contributed by atoms with E-state index in [0.29, 0.717) is 34.6 Å². The molecule has 0 radical (unpaired) electrons. The quantitative estimate of drug-likeness (QED) is 0.871. The molecule has 2 amide bonds. The lowest BCUT2D eigenvalue weighted by Gasteiger charge is -2.22. The van der Waals surface area contributed by atoms with Crippen molar-refractivity contribution in [2.24, 2.45) is 5.92 Å². The molecular formula is C17H18ClN3O3. The Labute approximate surface area is 144 Å². The Morgan fingerprint density at radius 1 is 1.33 bits per heavy atom. The number of carbonyl (C=O) groups excluding carboxylic acids is 2. The number of hydrogen-bond donors (Lipinski definition) is 1. The fourth-order valence-corrected chi connectivity index (χ4v) is 2.51. The minimum Gasteiger partial charge on any atom is -0.360 e. The Morgan fingerprint density at radius 2 is 2.04 bits per heavy atom. The zero-order valence-corrected chi connectivity index (χ0v) is 14.0. The van der Waals surface area contributed by atoms with Crippen LogP contribution >= 0.6 is 11.6 Å². The molecule has 0 bridgehead atoms. The number of amides is 2. The van der Waals surface area contributed by atoms with Gasteiger partial charge in [-0.15, -0.1) is 0 Å². The van der Waals surface area contributed by atoms with E-state index in [4.69, 9.17) is 16.1 Å². The molecule has 126 valence electrons. The van der Waals surface area contributed by atoms with Gasteiger partial charge in [0.15, 0.2) is 5.82 Å². The van der Waals surface area contributed by atoms with Gasteiger partial charge >= 0.3 is 0 Å². The number of anilines is 1. The molecule has 1 aliphatic carbocycles. The fraction of sp³-hybridized carbons (Fsp3) is 0.353. The summed E-state index contributed by atoms with van der Waals surface area (Å²) in [6, 6.07) is 8.31. The molecule has 0 aliphatic heterocycles. The zero-order chi connectivity index (χ0) is 17.1. The van der Waals surface area contributed by atoms with Gasteiger partial charge in [0.2, 0.25) is 5.91 Å². The van der Waals surface area contributed by atoms with E-state index in [9.17, 15) is 9.59 Å². The highest BCUT2D eigenvalue weighted by molar-refractivity contribution is 6.30. The van der Waals surface area contributed by atoms with E-state index >= 15 is 0 Å². The molecule has 0 atom stereocenters. The Bertz CT molecular complexity index is 738. The second-order valence-corrected chi connectivity index (χ2v) is 6.44. The minimum absolute atomic E-state index is 0.0239. The summed E-state index contributed by atoms with van der Waals surface area (Å²) in [4.78, 5) is 26.5. The molecule has 24 heavy (non-hydrogen) atoms. The highest BCUT2D eigenvalue weighted by atomic mass is 35.5. The third-order valence-corrected chi connectivity index (χ3v) is 4.04. The molecule has 2 aromatic rings. The summed E-state index contributed by atoms with van der Waals surface area (Å²) >= 11 is 5.86. The first-order valence-electron chi connectivity index (χ1n) is 7.79. The number of halogens is 1. The normalized spacial score (nSPS) is 13.6. The van der Waals surface area contributed by atoms with Crippen LogP contribution in [0.5, 0.6) is 0 Å². The third kappa shape index (κ3) is 4.35. The molecule has 0 unspecified atom stereocenters. The van der Waals surface area contributed by atoms with Gasteiger partial charge in [0, 0.05) is 23.2 Å². The van der Waals surface area contributed by atoms with E-state index in [-0.39, 0.29) is 18.4 Å². The van der Waals surface area contributed by atoms with Gasteiger partial charge in [-0.2, -0.15) is 0 Å². The highest BCUT2D eigenvalue weighted by Crippen LogP contribution is 2.30. The molecule has 1 aromatic carbocycles. The molecule has 1 fully saturated rings. The first-order chi connectivity index (χ1) is 11.5. The number of nitrogens with one attached hydrogen (secondary N) is 1. The summed E-state index contributed by atoms with van der Waals surface area (Å²) in [5.74, 6) is 0.958. The number of aryl methyl sites for hydroxylation is 1. The molecule has 1 aliphatic rings. The summed E-state index contributed by atoms with van der Waals surface area (Å²) in [7, 11) is 0. The molecule has 6 nitrogen and oxygen atoms in total. The molecule has 1 heterocycles. The predicted molar refractivity (Wildman–Crippen MR) is 89.9 cm³/mol. The Balaban J connectivity index is 1.67. The van der Waals surface area contributed by atoms with Gasteiger partial charge in [-0.1, -0.05) is 16.8 Å². The van der Waals surface area contributed by atoms with Crippen molar-refractivity contribution in [2.75, 3.05) is 18.4 Å². The summed E-state index contributed by atoms with van der Waals surface area (Å²) in [5, 5.41) is 6.94. The third-order valence-electron chi connectivity index (χ3n) is 3.78. The average molecular weight is 348 g/mol. The number of benzene rings is 1. The molecule has 1 N–H and O–H groups in total. The maximum absolute atomic E-state index is 12.7. The van der Waals surface area contributed by atoms with Crippen LogP contribution in [0.4, 0.5) is 5.82 Å². The second kappa shape index (κ2) is 7.05. The van der Waals surface area contributed by atoms with Crippen molar-refractivity contribution < 1.29 is 14.1 Å². The van der Waals surface area contributed by atoms with Crippen molar-refractivity contribution >= 4 is 29.2 Å². The number of rotatable bonds is 6. The predicted octanol–water partition coefficient (Wildman–Crippen LogP) is 3.13. The van der Waals surface area contributed by atoms with Gasteiger partial charge in [-0.3, -0.25) is 9.59 Å². The van der Waals surface area contributed by atoms with Crippen LogP contribution in [-0.4, -0.2) is 35.0 Å². The standard InChI is InChI=1S/C17H18ClN3O3/c1-11-8-15(20-24-11)19-16(22)10-21(9-12-2-3-12)17(23)13-4-6-14(18)7-5-13/h4-8,12H,2-3,9-10H2,1H3,(H,19,20,22). The van der Waals surface area contributed by atoms with Crippen molar-refractivity contribution in [3.8, 4) is 0 Å². The number of aromatic nitrogens is 1. The molecule has 0 spiro atoms. The maximum Gasteiger partial charge on any atom is 0.254 e. The van der Waals surface area contributed by atoms with E-state index in [1.165, 1.54) is 0 Å². The van der Waals surface area contributed by atoms with Crippen LogP contribution < -0.4 is 5.32 Å². The summed E-state index contributed by atoms with van der Waals surface area (Å²) < 4.78 is 4.92. The highest BCUT2D eigenvalue weighted by Gasteiger charge is 2.28. The van der Waals surface area contributed by atoms with Gasteiger partial charge < -0.3 is 14.7 Å². The van der Waals surface area contributed by atoms with Crippen LogP contribution in [0, 0.1) is 12.8 Å².